The third-order valence-corrected chi connectivity index (χ3v) is 3.08. The lowest BCUT2D eigenvalue weighted by molar-refractivity contribution is -0.133. The molecule has 2 unspecified atom stereocenters. The van der Waals surface area contributed by atoms with Gasteiger partial charge in [-0.3, -0.25) is 0 Å². The Balaban J connectivity index is 4.48. The fourth-order valence-electron chi connectivity index (χ4n) is 2.51. The smallest absolute Gasteiger partial charge is 0.331 e. The fraction of sp³-hybridized carbons (Fsp3) is 0.800. The number of hydrogen-bond acceptors (Lipinski definition) is 1. The summed E-state index contributed by atoms with van der Waals surface area (Å²) in [5, 5.41) is 9.06. The highest BCUT2D eigenvalue weighted by atomic mass is 16.4. The van der Waals surface area contributed by atoms with Crippen LogP contribution in [0.4, 0.5) is 0 Å². The highest BCUT2D eigenvalue weighted by molar-refractivity contribution is 5.86. The van der Waals surface area contributed by atoms with Gasteiger partial charge < -0.3 is 5.11 Å². The van der Waals surface area contributed by atoms with E-state index in [4.69, 9.17) is 5.11 Å². The average molecular weight is 240 g/mol. The minimum atomic E-state index is -0.840. The van der Waals surface area contributed by atoms with E-state index >= 15 is 0 Å². The molecule has 0 bridgehead atoms. The van der Waals surface area contributed by atoms with Gasteiger partial charge in [0, 0.05) is 5.57 Å². The van der Waals surface area contributed by atoms with Gasteiger partial charge in [-0.15, -0.1) is 0 Å². The van der Waals surface area contributed by atoms with Crippen LogP contribution in [0.25, 0.3) is 0 Å². The van der Waals surface area contributed by atoms with E-state index in [-0.39, 0.29) is 5.92 Å². The van der Waals surface area contributed by atoms with Crippen molar-refractivity contribution in [3.05, 3.63) is 12.2 Å². The van der Waals surface area contributed by atoms with Gasteiger partial charge in [0.15, 0.2) is 0 Å². The fourth-order valence-corrected chi connectivity index (χ4v) is 2.51. The van der Waals surface area contributed by atoms with Crippen LogP contribution in [0.2, 0.25) is 0 Å². The Hall–Kier alpha value is -0.790. The summed E-state index contributed by atoms with van der Waals surface area (Å²) >= 11 is 0. The molecule has 17 heavy (non-hydrogen) atoms. The predicted octanol–water partition coefficient (Wildman–Crippen LogP) is 4.36. The number of hydrogen-bond donors (Lipinski definition) is 1. The molecule has 0 amide bonds. The van der Waals surface area contributed by atoms with Gasteiger partial charge in [-0.05, 0) is 42.9 Å². The van der Waals surface area contributed by atoms with Crippen LogP contribution in [-0.4, -0.2) is 11.1 Å². The molecule has 0 aliphatic rings. The van der Waals surface area contributed by atoms with Crippen molar-refractivity contribution in [2.75, 3.05) is 0 Å². The van der Waals surface area contributed by atoms with Gasteiger partial charge in [-0.2, -0.15) is 0 Å². The Bertz CT molecular complexity index is 254. The number of carbonyl (C=O) groups is 1. The summed E-state index contributed by atoms with van der Waals surface area (Å²) in [4.78, 5) is 11.0. The Morgan fingerprint density at radius 3 is 1.82 bits per heavy atom. The molecule has 0 saturated carbocycles. The van der Waals surface area contributed by atoms with Crippen molar-refractivity contribution in [1.82, 2.24) is 0 Å². The van der Waals surface area contributed by atoms with Crippen LogP contribution in [-0.2, 0) is 4.79 Å². The second-order valence-corrected chi connectivity index (χ2v) is 6.13. The van der Waals surface area contributed by atoms with E-state index in [1.54, 1.807) is 0 Å². The van der Waals surface area contributed by atoms with E-state index in [2.05, 4.69) is 41.2 Å². The third-order valence-electron chi connectivity index (χ3n) is 3.08. The number of aliphatic carboxylic acids is 1. The lowest BCUT2D eigenvalue weighted by Gasteiger charge is -2.23. The molecule has 2 nitrogen and oxygen atoms in total. The van der Waals surface area contributed by atoms with Crippen LogP contribution in [0.3, 0.4) is 0 Å². The average Bonchev–Trinajstić information content (AvgIpc) is 2.13. The molecule has 100 valence electrons. The van der Waals surface area contributed by atoms with Crippen molar-refractivity contribution in [3.63, 3.8) is 0 Å². The molecule has 0 aromatic rings. The lowest BCUT2D eigenvalue weighted by atomic mass is 9.81. The van der Waals surface area contributed by atoms with E-state index in [9.17, 15) is 4.79 Å². The van der Waals surface area contributed by atoms with Gasteiger partial charge >= 0.3 is 5.97 Å². The van der Waals surface area contributed by atoms with Crippen LogP contribution in [0, 0.1) is 23.7 Å². The molecule has 0 aliphatic carbocycles. The molecule has 2 atom stereocenters. The molecule has 2 heteroatoms. The zero-order chi connectivity index (χ0) is 13.6. The maximum atomic E-state index is 11.0. The van der Waals surface area contributed by atoms with Gasteiger partial charge in [0.1, 0.15) is 0 Å². The minimum absolute atomic E-state index is 0.126. The first-order valence-corrected chi connectivity index (χ1v) is 6.66. The van der Waals surface area contributed by atoms with Crippen molar-refractivity contribution in [2.24, 2.45) is 23.7 Å². The lowest BCUT2D eigenvalue weighted by Crippen LogP contribution is -2.17. The van der Waals surface area contributed by atoms with E-state index in [0.29, 0.717) is 23.3 Å². The molecular weight excluding hydrogens is 212 g/mol. The van der Waals surface area contributed by atoms with E-state index in [0.717, 1.165) is 19.3 Å². The second kappa shape index (κ2) is 7.52. The van der Waals surface area contributed by atoms with Crippen LogP contribution in [0.15, 0.2) is 12.2 Å². The highest BCUT2D eigenvalue weighted by Crippen LogP contribution is 2.29. The standard InChI is InChI=1S/C15H28O2/c1-10(2)7-12(5)9-14(8-11(3)4)13(6)15(16)17/h10-12,14H,6-9H2,1-5H3,(H,16,17). The van der Waals surface area contributed by atoms with Gasteiger partial charge in [0.2, 0.25) is 0 Å². The van der Waals surface area contributed by atoms with Crippen LogP contribution in [0.1, 0.15) is 53.9 Å². The SMILES string of the molecule is C=C(C(=O)O)C(CC(C)C)CC(C)CC(C)C. The molecule has 0 heterocycles. The van der Waals surface area contributed by atoms with Gasteiger partial charge in [-0.1, -0.05) is 41.2 Å². The molecule has 0 aromatic carbocycles. The maximum absolute atomic E-state index is 11.0. The molecule has 0 rings (SSSR count). The number of carboxylic acids is 1. The largest absolute Gasteiger partial charge is 0.478 e. The summed E-state index contributed by atoms with van der Waals surface area (Å²) in [6.07, 6.45) is 3.02. The van der Waals surface area contributed by atoms with Crippen LogP contribution < -0.4 is 0 Å². The van der Waals surface area contributed by atoms with Crippen molar-refractivity contribution >= 4 is 5.97 Å². The molecule has 0 spiro atoms. The van der Waals surface area contributed by atoms with Gasteiger partial charge in [-0.25, -0.2) is 4.79 Å². The van der Waals surface area contributed by atoms with E-state index in [1.807, 2.05) is 0 Å². The molecule has 0 aromatic heterocycles. The molecule has 1 N–H and O–H groups in total. The Morgan fingerprint density at radius 2 is 1.47 bits per heavy atom. The molecule has 0 saturated heterocycles. The summed E-state index contributed by atoms with van der Waals surface area (Å²) in [6, 6.07) is 0. The quantitative estimate of drug-likeness (QED) is 0.640. The number of rotatable bonds is 8. The third kappa shape index (κ3) is 7.19. The molecule has 0 fully saturated rings. The van der Waals surface area contributed by atoms with Crippen molar-refractivity contribution in [1.29, 1.82) is 0 Å². The summed E-state index contributed by atoms with van der Waals surface area (Å²) in [5.41, 5.74) is 0.384. The first-order chi connectivity index (χ1) is 7.73. The first-order valence-electron chi connectivity index (χ1n) is 6.66. The van der Waals surface area contributed by atoms with Crippen LogP contribution in [0.5, 0.6) is 0 Å². The molecular formula is C15H28O2. The Morgan fingerprint density at radius 1 is 1.00 bits per heavy atom. The maximum Gasteiger partial charge on any atom is 0.331 e. The van der Waals surface area contributed by atoms with Gasteiger partial charge in [0.05, 0.1) is 0 Å². The molecule has 0 aliphatic heterocycles. The van der Waals surface area contributed by atoms with Crippen molar-refractivity contribution in [2.45, 2.75) is 53.9 Å². The number of carboxylic acid groups (broad SMARTS) is 1. The first kappa shape index (κ1) is 16.2. The Labute approximate surface area is 106 Å². The summed E-state index contributed by atoms with van der Waals surface area (Å²) < 4.78 is 0. The van der Waals surface area contributed by atoms with E-state index < -0.39 is 5.97 Å². The molecule has 0 radical (unpaired) electrons. The minimum Gasteiger partial charge on any atom is -0.478 e. The van der Waals surface area contributed by atoms with E-state index in [1.165, 1.54) is 0 Å². The predicted molar refractivity (Wildman–Crippen MR) is 73.0 cm³/mol. The zero-order valence-electron chi connectivity index (χ0n) is 12.0. The monoisotopic (exact) mass is 240 g/mol. The summed E-state index contributed by atoms with van der Waals surface area (Å²) in [6.45, 7) is 14.6. The zero-order valence-corrected chi connectivity index (χ0v) is 12.0. The summed E-state index contributed by atoms with van der Waals surface area (Å²) in [7, 11) is 0. The van der Waals surface area contributed by atoms with Crippen molar-refractivity contribution in [3.8, 4) is 0 Å². The van der Waals surface area contributed by atoms with Crippen molar-refractivity contribution < 1.29 is 9.90 Å². The second-order valence-electron chi connectivity index (χ2n) is 6.13. The normalized spacial score (nSPS) is 15.0. The topological polar surface area (TPSA) is 37.3 Å². The van der Waals surface area contributed by atoms with Gasteiger partial charge in [0.25, 0.3) is 0 Å². The summed E-state index contributed by atoms with van der Waals surface area (Å²) in [5.74, 6) is 1.04. The van der Waals surface area contributed by atoms with Crippen LogP contribution >= 0.6 is 0 Å². The highest BCUT2D eigenvalue weighted by Gasteiger charge is 2.22. The Kier molecular flexibility index (Phi) is 7.17.